The first-order chi connectivity index (χ1) is 6.74. The Hall–Kier alpha value is -1.50. The number of rotatable bonds is 3. The van der Waals surface area contributed by atoms with Crippen molar-refractivity contribution in [3.63, 3.8) is 0 Å². The zero-order valence-corrected chi connectivity index (χ0v) is 9.00. The van der Waals surface area contributed by atoms with E-state index in [2.05, 4.69) is 12.7 Å². The fraction of sp³-hybridized carbons (Fsp3) is 0.231. The Morgan fingerprint density at radius 2 is 2.07 bits per heavy atom. The number of allylic oxidation sites excluding steroid dienone is 1. The molecule has 1 heteroatoms. The van der Waals surface area contributed by atoms with Gasteiger partial charge in [-0.15, -0.1) is 0 Å². The van der Waals surface area contributed by atoms with Gasteiger partial charge in [-0.25, -0.2) is 0 Å². The molecule has 0 aromatic heterocycles. The van der Waals surface area contributed by atoms with Crippen LogP contribution in [0.5, 0.6) is 5.75 Å². The van der Waals surface area contributed by atoms with Crippen molar-refractivity contribution in [1.29, 1.82) is 0 Å². The Labute approximate surface area is 85.7 Å². The van der Waals surface area contributed by atoms with E-state index in [4.69, 9.17) is 4.74 Å². The third kappa shape index (κ3) is 1.87. The molecule has 0 aliphatic carbocycles. The van der Waals surface area contributed by atoms with Crippen LogP contribution in [0.3, 0.4) is 0 Å². The fourth-order valence-electron chi connectivity index (χ4n) is 1.55. The van der Waals surface area contributed by atoms with Gasteiger partial charge in [-0.1, -0.05) is 30.9 Å². The van der Waals surface area contributed by atoms with E-state index in [0.29, 0.717) is 0 Å². The summed E-state index contributed by atoms with van der Waals surface area (Å²) >= 11 is 0. The van der Waals surface area contributed by atoms with Crippen molar-refractivity contribution < 1.29 is 4.74 Å². The highest BCUT2D eigenvalue weighted by atomic mass is 16.5. The van der Waals surface area contributed by atoms with Crippen molar-refractivity contribution in [2.45, 2.75) is 13.8 Å². The predicted octanol–water partition coefficient (Wildman–Crippen LogP) is 3.68. The second-order valence-corrected chi connectivity index (χ2v) is 3.10. The predicted molar refractivity (Wildman–Crippen MR) is 62.5 cm³/mol. The molecule has 0 saturated heterocycles. The molecule has 0 spiro atoms. The third-order valence-corrected chi connectivity index (χ3v) is 2.27. The van der Waals surface area contributed by atoms with Gasteiger partial charge in [0.05, 0.1) is 7.11 Å². The van der Waals surface area contributed by atoms with Crippen molar-refractivity contribution in [2.75, 3.05) is 7.11 Å². The van der Waals surface area contributed by atoms with Gasteiger partial charge in [-0.05, 0) is 36.6 Å². The topological polar surface area (TPSA) is 9.23 Å². The molecule has 0 amide bonds. The third-order valence-electron chi connectivity index (χ3n) is 2.27. The van der Waals surface area contributed by atoms with Crippen LogP contribution < -0.4 is 4.74 Å². The smallest absolute Gasteiger partial charge is 0.122 e. The lowest BCUT2D eigenvalue weighted by Crippen LogP contribution is -1.92. The molecule has 14 heavy (non-hydrogen) atoms. The SMILES string of the molecule is C=Cc1c(/C=C\C)ccc(OC)c1C. The van der Waals surface area contributed by atoms with Gasteiger partial charge in [-0.3, -0.25) is 0 Å². The molecule has 0 fully saturated rings. The number of hydrogen-bond donors (Lipinski definition) is 0. The first-order valence-corrected chi connectivity index (χ1v) is 4.67. The van der Waals surface area contributed by atoms with Gasteiger partial charge < -0.3 is 4.74 Å². The molecule has 0 aliphatic rings. The normalized spacial score (nSPS) is 10.5. The average molecular weight is 188 g/mol. The Morgan fingerprint density at radius 1 is 1.36 bits per heavy atom. The lowest BCUT2D eigenvalue weighted by Gasteiger charge is -2.10. The quantitative estimate of drug-likeness (QED) is 0.703. The standard InChI is InChI=1S/C13H16O/c1-5-7-11-8-9-13(14-4)10(3)12(11)6-2/h5-9H,2H2,1,3-4H3/b7-5-. The minimum absolute atomic E-state index is 0.910. The van der Waals surface area contributed by atoms with Crippen molar-refractivity contribution in [1.82, 2.24) is 0 Å². The second kappa shape index (κ2) is 4.66. The van der Waals surface area contributed by atoms with Gasteiger partial charge in [0.1, 0.15) is 5.75 Å². The molecule has 0 unspecified atom stereocenters. The van der Waals surface area contributed by atoms with E-state index in [0.717, 1.165) is 16.9 Å². The van der Waals surface area contributed by atoms with E-state index in [1.165, 1.54) is 5.56 Å². The van der Waals surface area contributed by atoms with Crippen molar-refractivity contribution in [2.24, 2.45) is 0 Å². The Morgan fingerprint density at radius 3 is 2.57 bits per heavy atom. The second-order valence-electron chi connectivity index (χ2n) is 3.10. The summed E-state index contributed by atoms with van der Waals surface area (Å²) in [5.41, 5.74) is 3.46. The summed E-state index contributed by atoms with van der Waals surface area (Å²) in [5.74, 6) is 0.910. The molecule has 1 nitrogen and oxygen atoms in total. The first kappa shape index (κ1) is 10.6. The summed E-state index contributed by atoms with van der Waals surface area (Å²) in [5, 5.41) is 0. The van der Waals surface area contributed by atoms with Crippen molar-refractivity contribution in [3.8, 4) is 5.75 Å². The maximum atomic E-state index is 5.25. The number of benzene rings is 1. The minimum Gasteiger partial charge on any atom is -0.496 e. The summed E-state index contributed by atoms with van der Waals surface area (Å²) in [4.78, 5) is 0. The van der Waals surface area contributed by atoms with Crippen LogP contribution in [-0.2, 0) is 0 Å². The molecule has 0 atom stereocenters. The minimum atomic E-state index is 0.910. The Balaban J connectivity index is 3.35. The van der Waals surface area contributed by atoms with Crippen LogP contribution in [0.1, 0.15) is 23.6 Å². The molecule has 0 bridgehead atoms. The summed E-state index contributed by atoms with van der Waals surface area (Å²) in [7, 11) is 1.69. The van der Waals surface area contributed by atoms with E-state index in [9.17, 15) is 0 Å². The molecule has 1 aromatic carbocycles. The van der Waals surface area contributed by atoms with Gasteiger partial charge in [-0.2, -0.15) is 0 Å². The molecule has 0 heterocycles. The molecule has 74 valence electrons. The van der Waals surface area contributed by atoms with Gasteiger partial charge >= 0.3 is 0 Å². The van der Waals surface area contributed by atoms with E-state index >= 15 is 0 Å². The molecule has 1 rings (SSSR count). The Kier molecular flexibility index (Phi) is 3.52. The summed E-state index contributed by atoms with van der Waals surface area (Å²) in [6, 6.07) is 4.03. The Bertz CT molecular complexity index is 362. The highest BCUT2D eigenvalue weighted by molar-refractivity contribution is 5.69. The van der Waals surface area contributed by atoms with Crippen LogP contribution in [-0.4, -0.2) is 7.11 Å². The number of methoxy groups -OCH3 is 1. The van der Waals surface area contributed by atoms with Crippen LogP contribution in [0.25, 0.3) is 12.2 Å². The molecule has 1 aromatic rings. The van der Waals surface area contributed by atoms with Crippen LogP contribution in [0.2, 0.25) is 0 Å². The monoisotopic (exact) mass is 188 g/mol. The maximum Gasteiger partial charge on any atom is 0.122 e. The largest absolute Gasteiger partial charge is 0.496 e. The van der Waals surface area contributed by atoms with Crippen molar-refractivity contribution >= 4 is 12.2 Å². The molecule has 0 saturated carbocycles. The molecule has 0 radical (unpaired) electrons. The van der Waals surface area contributed by atoms with Crippen LogP contribution >= 0.6 is 0 Å². The number of ether oxygens (including phenoxy) is 1. The van der Waals surface area contributed by atoms with Gasteiger partial charge in [0.15, 0.2) is 0 Å². The number of hydrogen-bond acceptors (Lipinski definition) is 1. The van der Waals surface area contributed by atoms with E-state index in [1.54, 1.807) is 7.11 Å². The van der Waals surface area contributed by atoms with E-state index in [1.807, 2.05) is 38.1 Å². The van der Waals surface area contributed by atoms with Crippen LogP contribution in [0, 0.1) is 6.92 Å². The van der Waals surface area contributed by atoms with Gasteiger partial charge in [0.25, 0.3) is 0 Å². The molecular formula is C13H16O. The molecular weight excluding hydrogens is 172 g/mol. The van der Waals surface area contributed by atoms with Gasteiger partial charge in [0.2, 0.25) is 0 Å². The summed E-state index contributed by atoms with van der Waals surface area (Å²) in [6.07, 6.45) is 5.96. The average Bonchev–Trinajstić information content (AvgIpc) is 2.19. The fourth-order valence-corrected chi connectivity index (χ4v) is 1.55. The van der Waals surface area contributed by atoms with E-state index in [-0.39, 0.29) is 0 Å². The highest BCUT2D eigenvalue weighted by Gasteiger charge is 2.05. The maximum absolute atomic E-state index is 5.25. The zero-order valence-electron chi connectivity index (χ0n) is 9.00. The lowest BCUT2D eigenvalue weighted by molar-refractivity contribution is 0.411. The molecule has 0 N–H and O–H groups in total. The lowest BCUT2D eigenvalue weighted by atomic mass is 10.0. The summed E-state index contributed by atoms with van der Waals surface area (Å²) in [6.45, 7) is 7.87. The molecule has 0 aliphatic heterocycles. The van der Waals surface area contributed by atoms with Gasteiger partial charge in [0, 0.05) is 0 Å². The first-order valence-electron chi connectivity index (χ1n) is 4.67. The van der Waals surface area contributed by atoms with Crippen LogP contribution in [0.15, 0.2) is 24.8 Å². The van der Waals surface area contributed by atoms with Crippen LogP contribution in [0.4, 0.5) is 0 Å². The zero-order chi connectivity index (χ0) is 10.6. The van der Waals surface area contributed by atoms with Crippen molar-refractivity contribution in [3.05, 3.63) is 41.5 Å². The van der Waals surface area contributed by atoms with E-state index < -0.39 is 0 Å². The highest BCUT2D eigenvalue weighted by Crippen LogP contribution is 2.26. The summed E-state index contributed by atoms with van der Waals surface area (Å²) < 4.78 is 5.25.